The van der Waals surface area contributed by atoms with Gasteiger partial charge in [0.2, 0.25) is 5.82 Å². The molecule has 2 heterocycles. The summed E-state index contributed by atoms with van der Waals surface area (Å²) in [6.07, 6.45) is 4.58. The minimum absolute atomic E-state index is 0.0533. The van der Waals surface area contributed by atoms with Crippen LogP contribution in [0.3, 0.4) is 0 Å². The molecule has 16 heavy (non-hydrogen) atoms. The topological polar surface area (TPSA) is 64.2 Å². The van der Waals surface area contributed by atoms with Crippen molar-refractivity contribution in [2.45, 2.75) is 0 Å². The number of rotatable bonds is 2. The largest absolute Gasteiger partial charge is 0.349 e. The zero-order valence-corrected chi connectivity index (χ0v) is 9.26. The van der Waals surface area contributed by atoms with Crippen molar-refractivity contribution >= 4 is 17.4 Å². The van der Waals surface area contributed by atoms with Crippen LogP contribution in [0.4, 0.5) is 0 Å². The summed E-state index contributed by atoms with van der Waals surface area (Å²) in [4.78, 5) is 12.2. The summed E-state index contributed by atoms with van der Waals surface area (Å²) in [6, 6.07) is 1.71. The van der Waals surface area contributed by atoms with E-state index < -0.39 is 4.92 Å². The average Bonchev–Trinajstić information content (AvgIpc) is 2.69. The lowest BCUT2D eigenvalue weighted by molar-refractivity contribution is -0.419. The van der Waals surface area contributed by atoms with Gasteiger partial charge in [-0.25, -0.2) is 4.68 Å². The van der Waals surface area contributed by atoms with Crippen molar-refractivity contribution in [1.29, 1.82) is 0 Å². The monoisotopic (exact) mass is 240 g/mol. The van der Waals surface area contributed by atoms with Gasteiger partial charge >= 0.3 is 5.70 Å². The van der Waals surface area contributed by atoms with Crippen molar-refractivity contribution in [2.24, 2.45) is 0 Å². The van der Waals surface area contributed by atoms with Gasteiger partial charge in [0.25, 0.3) is 0 Å². The second-order valence-corrected chi connectivity index (χ2v) is 3.85. The van der Waals surface area contributed by atoms with Crippen molar-refractivity contribution < 1.29 is 4.92 Å². The summed E-state index contributed by atoms with van der Waals surface area (Å²) >= 11 is 5.83. The van der Waals surface area contributed by atoms with Crippen LogP contribution >= 0.6 is 11.6 Å². The Kier molecular flexibility index (Phi) is 2.66. The minimum atomic E-state index is -0.463. The van der Waals surface area contributed by atoms with E-state index in [-0.39, 0.29) is 5.70 Å². The molecule has 0 radical (unpaired) electrons. The number of hydrogen-bond donors (Lipinski definition) is 0. The van der Waals surface area contributed by atoms with Gasteiger partial charge in [0, 0.05) is 30.5 Å². The third-order valence-electron chi connectivity index (χ3n) is 2.19. The Hall–Kier alpha value is -1.82. The van der Waals surface area contributed by atoms with Crippen LogP contribution in [0.1, 0.15) is 0 Å². The van der Waals surface area contributed by atoms with E-state index in [1.165, 1.54) is 10.8 Å². The van der Waals surface area contributed by atoms with Gasteiger partial charge in [0.15, 0.2) is 0 Å². The summed E-state index contributed by atoms with van der Waals surface area (Å²) in [5.41, 5.74) is -0.0533. The molecule has 0 N–H and O–H groups in total. The highest BCUT2D eigenvalue weighted by molar-refractivity contribution is 6.30. The molecular weight excluding hydrogens is 232 g/mol. The summed E-state index contributed by atoms with van der Waals surface area (Å²) in [5.74, 6) is 0.416. The van der Waals surface area contributed by atoms with Gasteiger partial charge in [-0.2, -0.15) is 5.10 Å². The van der Waals surface area contributed by atoms with Gasteiger partial charge in [-0.1, -0.05) is 11.6 Å². The third kappa shape index (κ3) is 1.79. The number of hydrogen-bond acceptors (Lipinski definition) is 4. The maximum absolute atomic E-state index is 10.9. The van der Waals surface area contributed by atoms with Crippen LogP contribution in [-0.4, -0.2) is 33.2 Å². The number of nitrogens with zero attached hydrogens (tertiary/aromatic N) is 4. The molecule has 0 fully saturated rings. The van der Waals surface area contributed by atoms with Crippen molar-refractivity contribution in [3.8, 4) is 0 Å². The van der Waals surface area contributed by atoms with Gasteiger partial charge in [-0.15, -0.1) is 0 Å². The second-order valence-electron chi connectivity index (χ2n) is 3.36. The van der Waals surface area contributed by atoms with E-state index in [1.54, 1.807) is 30.4 Å². The van der Waals surface area contributed by atoms with Crippen LogP contribution in [0.5, 0.6) is 0 Å². The SMILES string of the molecule is CN1CC(Cl)=CC([N+](=O)[O-])=C1n1cccn1. The molecule has 1 aliphatic rings. The molecule has 1 aromatic rings. The normalized spacial score (nSPS) is 16.4. The zero-order chi connectivity index (χ0) is 11.7. The van der Waals surface area contributed by atoms with E-state index in [0.29, 0.717) is 17.4 Å². The van der Waals surface area contributed by atoms with Crippen LogP contribution in [-0.2, 0) is 0 Å². The molecule has 84 valence electrons. The first kappa shape index (κ1) is 10.7. The maximum Gasteiger partial charge on any atom is 0.312 e. The van der Waals surface area contributed by atoms with Crippen LogP contribution in [0, 0.1) is 10.1 Å². The van der Waals surface area contributed by atoms with E-state index in [9.17, 15) is 10.1 Å². The predicted octanol–water partition coefficient (Wildman–Crippen LogP) is 1.35. The molecule has 6 nitrogen and oxygen atoms in total. The molecule has 2 rings (SSSR count). The predicted molar refractivity (Wildman–Crippen MR) is 59.0 cm³/mol. The molecule has 1 aliphatic heterocycles. The highest BCUT2D eigenvalue weighted by Gasteiger charge is 2.27. The van der Waals surface area contributed by atoms with Gasteiger partial charge in [-0.3, -0.25) is 10.1 Å². The van der Waals surface area contributed by atoms with Crippen LogP contribution in [0.25, 0.3) is 5.82 Å². The Morgan fingerprint density at radius 2 is 2.38 bits per heavy atom. The minimum Gasteiger partial charge on any atom is -0.349 e. The van der Waals surface area contributed by atoms with E-state index in [2.05, 4.69) is 5.10 Å². The van der Waals surface area contributed by atoms with E-state index in [0.717, 1.165) is 0 Å². The highest BCUT2D eigenvalue weighted by atomic mass is 35.5. The van der Waals surface area contributed by atoms with Crippen LogP contribution < -0.4 is 0 Å². The number of likely N-dealkylation sites (N-methyl/N-ethyl adjacent to an activating group) is 1. The molecule has 0 unspecified atom stereocenters. The molecule has 0 amide bonds. The molecule has 0 saturated carbocycles. The zero-order valence-electron chi connectivity index (χ0n) is 8.50. The summed E-state index contributed by atoms with van der Waals surface area (Å²) < 4.78 is 1.46. The fraction of sp³-hybridized carbons (Fsp3) is 0.222. The third-order valence-corrected chi connectivity index (χ3v) is 2.42. The van der Waals surface area contributed by atoms with Gasteiger partial charge in [0.1, 0.15) is 0 Å². The first-order valence-corrected chi connectivity index (χ1v) is 4.93. The fourth-order valence-electron chi connectivity index (χ4n) is 1.58. The van der Waals surface area contributed by atoms with E-state index in [4.69, 9.17) is 11.6 Å². The Morgan fingerprint density at radius 3 is 2.94 bits per heavy atom. The molecule has 0 spiro atoms. The fourth-order valence-corrected chi connectivity index (χ4v) is 1.86. The standard InChI is InChI=1S/C9H9ClN4O2/c1-12-6-7(10)5-8(14(15)16)9(12)13-4-2-3-11-13/h2-5H,6H2,1H3. The van der Waals surface area contributed by atoms with Gasteiger partial charge in [-0.05, 0) is 6.07 Å². The lowest BCUT2D eigenvalue weighted by Crippen LogP contribution is -2.28. The van der Waals surface area contributed by atoms with Crippen molar-refractivity contribution in [1.82, 2.24) is 14.7 Å². The van der Waals surface area contributed by atoms with Gasteiger partial charge < -0.3 is 4.90 Å². The lowest BCUT2D eigenvalue weighted by Gasteiger charge is -2.24. The summed E-state index contributed by atoms with van der Waals surface area (Å²) in [6.45, 7) is 0.439. The Labute approximate surface area is 96.6 Å². The molecule has 0 atom stereocenters. The van der Waals surface area contributed by atoms with Crippen molar-refractivity contribution in [3.63, 3.8) is 0 Å². The number of aromatic nitrogens is 2. The second kappa shape index (κ2) is 3.97. The Bertz CT molecular complexity index is 478. The summed E-state index contributed by atoms with van der Waals surface area (Å²) in [7, 11) is 1.73. The number of nitro groups is 1. The highest BCUT2D eigenvalue weighted by Crippen LogP contribution is 2.24. The van der Waals surface area contributed by atoms with Crippen molar-refractivity contribution in [3.05, 3.63) is 45.4 Å². The van der Waals surface area contributed by atoms with Crippen LogP contribution in [0.15, 0.2) is 35.3 Å². The first-order chi connectivity index (χ1) is 7.59. The average molecular weight is 241 g/mol. The molecule has 0 aliphatic carbocycles. The van der Waals surface area contributed by atoms with Crippen molar-refractivity contribution in [2.75, 3.05) is 13.6 Å². The molecule has 0 aromatic carbocycles. The van der Waals surface area contributed by atoms with E-state index >= 15 is 0 Å². The Morgan fingerprint density at radius 1 is 1.62 bits per heavy atom. The number of allylic oxidation sites excluding steroid dienone is 1. The quantitative estimate of drug-likeness (QED) is 0.578. The van der Waals surface area contributed by atoms with Gasteiger partial charge in [0.05, 0.1) is 11.5 Å². The molecule has 0 bridgehead atoms. The first-order valence-electron chi connectivity index (χ1n) is 4.55. The number of halogens is 1. The van der Waals surface area contributed by atoms with E-state index in [1.807, 2.05) is 0 Å². The molecule has 7 heteroatoms. The maximum atomic E-state index is 10.9. The smallest absolute Gasteiger partial charge is 0.312 e. The van der Waals surface area contributed by atoms with Crippen LogP contribution in [0.2, 0.25) is 0 Å². The lowest BCUT2D eigenvalue weighted by atomic mass is 10.3. The summed E-state index contributed by atoms with van der Waals surface area (Å²) in [5, 5.41) is 15.4. The molecular formula is C9H9ClN4O2. The Balaban J connectivity index is 2.58. The molecule has 0 saturated heterocycles. The molecule has 1 aromatic heterocycles.